The van der Waals surface area contributed by atoms with Gasteiger partial charge in [-0.3, -0.25) is 4.98 Å². The predicted molar refractivity (Wildman–Crippen MR) is 135 cm³/mol. The first-order valence-electron chi connectivity index (χ1n) is 11.8. The molecular weight excluding hydrogens is 428 g/mol. The molecule has 1 atom stereocenters. The van der Waals surface area contributed by atoms with Gasteiger partial charge in [-0.2, -0.15) is 0 Å². The van der Waals surface area contributed by atoms with E-state index in [-0.39, 0.29) is 5.56 Å². The summed E-state index contributed by atoms with van der Waals surface area (Å²) in [4.78, 5) is 20.1. The van der Waals surface area contributed by atoms with Crippen molar-refractivity contribution in [1.82, 2.24) is 4.98 Å². The van der Waals surface area contributed by atoms with Gasteiger partial charge in [0, 0.05) is 55.9 Å². The summed E-state index contributed by atoms with van der Waals surface area (Å²) in [5, 5.41) is 12.7. The molecule has 176 valence electrons. The van der Waals surface area contributed by atoms with Crippen LogP contribution in [0.4, 0.5) is 22.7 Å². The number of carboxylic acids is 1. The maximum atomic E-state index is 11.5. The van der Waals surface area contributed by atoms with E-state index in [9.17, 15) is 9.90 Å². The van der Waals surface area contributed by atoms with Crippen molar-refractivity contribution in [1.29, 1.82) is 0 Å². The van der Waals surface area contributed by atoms with Crippen LogP contribution < -0.4 is 15.1 Å². The van der Waals surface area contributed by atoms with E-state index in [1.54, 1.807) is 6.20 Å². The van der Waals surface area contributed by atoms with E-state index in [4.69, 9.17) is 4.74 Å². The number of nitrogens with one attached hydrogen (secondary N) is 1. The molecule has 2 N–H and O–H groups in total. The molecule has 3 aromatic rings. The molecule has 0 radical (unpaired) electrons. The van der Waals surface area contributed by atoms with E-state index in [2.05, 4.69) is 69.6 Å². The molecule has 5 rings (SSSR count). The fourth-order valence-corrected chi connectivity index (χ4v) is 4.93. The quantitative estimate of drug-likeness (QED) is 0.539. The second-order valence-electron chi connectivity index (χ2n) is 8.90. The number of carboxylic acid groups (broad SMARTS) is 1. The number of aryl methyl sites for hydroxylation is 1. The highest BCUT2D eigenvalue weighted by Gasteiger charge is 2.24. The van der Waals surface area contributed by atoms with Crippen LogP contribution in [0.2, 0.25) is 0 Å². The minimum Gasteiger partial charge on any atom is -0.478 e. The zero-order valence-electron chi connectivity index (χ0n) is 19.4. The van der Waals surface area contributed by atoms with E-state index in [0.29, 0.717) is 18.2 Å². The van der Waals surface area contributed by atoms with E-state index in [1.165, 1.54) is 34.8 Å². The Morgan fingerprint density at radius 2 is 1.91 bits per heavy atom. The third kappa shape index (κ3) is 4.56. The van der Waals surface area contributed by atoms with Crippen molar-refractivity contribution in [3.8, 4) is 0 Å². The highest BCUT2D eigenvalue weighted by atomic mass is 16.5. The molecule has 0 spiro atoms. The number of pyridine rings is 1. The highest BCUT2D eigenvalue weighted by molar-refractivity contribution is 5.93. The maximum Gasteiger partial charge on any atom is 0.337 e. The molecule has 2 aliphatic rings. The fraction of sp³-hybridized carbons (Fsp3) is 0.333. The van der Waals surface area contributed by atoms with Gasteiger partial charge in [0.2, 0.25) is 0 Å². The Morgan fingerprint density at radius 3 is 2.68 bits per heavy atom. The molecule has 7 heteroatoms. The minimum absolute atomic E-state index is 0.254. The van der Waals surface area contributed by atoms with E-state index >= 15 is 0 Å². The number of aromatic nitrogens is 1. The molecule has 0 unspecified atom stereocenters. The SMILES string of the molecule is CN(c1ccc(N2CCOCC2)cc1)c1ccc2c(c1)CC[C@H]2CNc1cnccc1C(=O)O. The number of aromatic carboxylic acids is 1. The molecule has 1 aliphatic carbocycles. The number of ether oxygens (including phenoxy) is 1. The van der Waals surface area contributed by atoms with Crippen molar-refractivity contribution in [2.24, 2.45) is 0 Å². The summed E-state index contributed by atoms with van der Waals surface area (Å²) in [7, 11) is 2.11. The van der Waals surface area contributed by atoms with Gasteiger partial charge in [0.15, 0.2) is 0 Å². The van der Waals surface area contributed by atoms with Gasteiger partial charge in [0.05, 0.1) is 30.7 Å². The van der Waals surface area contributed by atoms with Gasteiger partial charge in [-0.05, 0) is 66.4 Å². The monoisotopic (exact) mass is 458 g/mol. The van der Waals surface area contributed by atoms with Crippen molar-refractivity contribution in [3.63, 3.8) is 0 Å². The third-order valence-electron chi connectivity index (χ3n) is 6.92. The Balaban J connectivity index is 1.26. The summed E-state index contributed by atoms with van der Waals surface area (Å²) in [6.45, 7) is 4.15. The van der Waals surface area contributed by atoms with Crippen LogP contribution in [0, 0.1) is 0 Å². The normalized spacial score (nSPS) is 17.3. The lowest BCUT2D eigenvalue weighted by Gasteiger charge is -2.29. The molecule has 0 saturated carbocycles. The number of nitrogens with zero attached hydrogens (tertiary/aromatic N) is 3. The fourth-order valence-electron chi connectivity index (χ4n) is 4.93. The van der Waals surface area contributed by atoms with Gasteiger partial charge in [0.25, 0.3) is 0 Å². The lowest BCUT2D eigenvalue weighted by molar-refractivity contribution is 0.0697. The smallest absolute Gasteiger partial charge is 0.337 e. The number of benzene rings is 2. The Bertz CT molecular complexity index is 1160. The lowest BCUT2D eigenvalue weighted by atomic mass is 10.0. The number of anilines is 4. The maximum absolute atomic E-state index is 11.5. The molecule has 0 bridgehead atoms. The van der Waals surface area contributed by atoms with E-state index < -0.39 is 5.97 Å². The molecule has 2 heterocycles. The van der Waals surface area contributed by atoms with Crippen molar-refractivity contribution < 1.29 is 14.6 Å². The molecule has 2 aromatic carbocycles. The van der Waals surface area contributed by atoms with Gasteiger partial charge in [0.1, 0.15) is 0 Å². The van der Waals surface area contributed by atoms with Crippen LogP contribution >= 0.6 is 0 Å². The number of carbonyl (C=O) groups is 1. The Kier molecular flexibility index (Phi) is 6.36. The summed E-state index contributed by atoms with van der Waals surface area (Å²) >= 11 is 0. The lowest BCUT2D eigenvalue weighted by Crippen LogP contribution is -2.36. The standard InChI is InChI=1S/C27H30N4O3/c1-30(21-4-6-22(7-5-21)31-12-14-34-15-13-31)23-8-9-24-19(16-23)2-3-20(24)17-29-26-18-28-11-10-25(26)27(32)33/h4-11,16,18,20,29H,2-3,12-15,17H2,1H3,(H,32,33)/t20-/m0/s1. The molecule has 1 aromatic heterocycles. The number of hydrogen-bond acceptors (Lipinski definition) is 6. The molecule has 1 aliphatic heterocycles. The average molecular weight is 459 g/mol. The first-order chi connectivity index (χ1) is 16.6. The highest BCUT2D eigenvalue weighted by Crippen LogP contribution is 2.37. The van der Waals surface area contributed by atoms with Crippen LogP contribution in [-0.2, 0) is 11.2 Å². The van der Waals surface area contributed by atoms with Crippen LogP contribution in [0.1, 0.15) is 33.8 Å². The Labute approximate surface area is 200 Å². The van der Waals surface area contributed by atoms with Crippen LogP contribution in [0.5, 0.6) is 0 Å². The van der Waals surface area contributed by atoms with Gasteiger partial charge < -0.3 is 25.0 Å². The number of morpholine rings is 1. The van der Waals surface area contributed by atoms with Crippen LogP contribution in [0.15, 0.2) is 60.9 Å². The average Bonchev–Trinajstić information content (AvgIpc) is 3.30. The molecule has 1 fully saturated rings. The van der Waals surface area contributed by atoms with Crippen LogP contribution in [-0.4, -0.2) is 56.0 Å². The van der Waals surface area contributed by atoms with E-state index in [1.807, 2.05) is 0 Å². The second kappa shape index (κ2) is 9.73. The second-order valence-corrected chi connectivity index (χ2v) is 8.90. The first-order valence-corrected chi connectivity index (χ1v) is 11.8. The zero-order chi connectivity index (χ0) is 23.5. The van der Waals surface area contributed by atoms with Gasteiger partial charge in [-0.25, -0.2) is 4.79 Å². The molecule has 34 heavy (non-hydrogen) atoms. The molecular formula is C27H30N4O3. The van der Waals surface area contributed by atoms with Crippen molar-refractivity contribution in [3.05, 3.63) is 77.6 Å². The topological polar surface area (TPSA) is 77.9 Å². The summed E-state index contributed by atoms with van der Waals surface area (Å²) in [5.41, 5.74) is 7.10. The number of rotatable bonds is 7. The predicted octanol–water partition coefficient (Wildman–Crippen LogP) is 4.53. The van der Waals surface area contributed by atoms with Crippen molar-refractivity contribution >= 4 is 28.7 Å². The molecule has 0 amide bonds. The summed E-state index contributed by atoms with van der Waals surface area (Å²) in [5.74, 6) is -0.591. The number of fused-ring (bicyclic) bond motifs is 1. The third-order valence-corrected chi connectivity index (χ3v) is 6.92. The van der Waals surface area contributed by atoms with Gasteiger partial charge in [-0.1, -0.05) is 6.07 Å². The first kappa shape index (κ1) is 22.2. The molecule has 1 saturated heterocycles. The van der Waals surface area contributed by atoms with E-state index in [0.717, 1.165) is 44.8 Å². The largest absolute Gasteiger partial charge is 0.478 e. The number of hydrogen-bond donors (Lipinski definition) is 2. The summed E-state index contributed by atoms with van der Waals surface area (Å²) in [6.07, 6.45) is 5.17. The molecule has 7 nitrogen and oxygen atoms in total. The van der Waals surface area contributed by atoms with Crippen LogP contribution in [0.3, 0.4) is 0 Å². The zero-order valence-corrected chi connectivity index (χ0v) is 19.4. The van der Waals surface area contributed by atoms with Gasteiger partial charge >= 0.3 is 5.97 Å². The Hall–Kier alpha value is -3.58. The summed E-state index contributed by atoms with van der Waals surface area (Å²) in [6, 6.07) is 17.0. The van der Waals surface area contributed by atoms with Crippen molar-refractivity contribution in [2.75, 3.05) is 55.0 Å². The minimum atomic E-state index is -0.942. The summed E-state index contributed by atoms with van der Waals surface area (Å²) < 4.78 is 5.46. The van der Waals surface area contributed by atoms with Crippen molar-refractivity contribution in [2.45, 2.75) is 18.8 Å². The van der Waals surface area contributed by atoms with Gasteiger partial charge in [-0.15, -0.1) is 0 Å². The Morgan fingerprint density at radius 1 is 1.15 bits per heavy atom. The van der Waals surface area contributed by atoms with Crippen LogP contribution in [0.25, 0.3) is 0 Å².